The van der Waals surface area contributed by atoms with Crippen molar-refractivity contribution in [3.8, 4) is 5.75 Å². The number of amides is 1. The number of nitrogens with two attached hydrogens (primary N) is 1. The molecule has 0 radical (unpaired) electrons. The van der Waals surface area contributed by atoms with Gasteiger partial charge in [-0.25, -0.2) is 9.67 Å². The number of nitrogens with zero attached hydrogens (tertiary/aromatic N) is 4. The molecule has 1 aromatic heterocycles. The van der Waals surface area contributed by atoms with Crippen molar-refractivity contribution in [3.05, 3.63) is 30.6 Å². The molecular formula is C12H15N5O2. The Labute approximate surface area is 110 Å². The molecular weight excluding hydrogens is 246 g/mol. The summed E-state index contributed by atoms with van der Waals surface area (Å²) >= 11 is 0. The van der Waals surface area contributed by atoms with Crippen LogP contribution in [0.5, 0.6) is 5.75 Å². The van der Waals surface area contributed by atoms with Crippen molar-refractivity contribution >= 4 is 17.5 Å². The molecule has 0 bridgehead atoms. The number of anilines is 2. The second kappa shape index (κ2) is 5.38. The highest BCUT2D eigenvalue weighted by molar-refractivity contribution is 5.92. The predicted octanol–water partition coefficient (Wildman–Crippen LogP) is 0.532. The van der Waals surface area contributed by atoms with Crippen molar-refractivity contribution in [2.24, 2.45) is 0 Å². The monoisotopic (exact) mass is 261 g/mol. The lowest BCUT2D eigenvalue weighted by atomic mass is 10.2. The average Bonchev–Trinajstić information content (AvgIpc) is 2.83. The molecule has 19 heavy (non-hydrogen) atoms. The first-order valence-electron chi connectivity index (χ1n) is 5.65. The van der Waals surface area contributed by atoms with Crippen LogP contribution in [0.25, 0.3) is 0 Å². The van der Waals surface area contributed by atoms with E-state index in [-0.39, 0.29) is 18.4 Å². The third kappa shape index (κ3) is 3.01. The Morgan fingerprint density at radius 2 is 2.32 bits per heavy atom. The van der Waals surface area contributed by atoms with Gasteiger partial charge in [-0.15, -0.1) is 5.10 Å². The highest BCUT2D eigenvalue weighted by Crippen LogP contribution is 2.20. The lowest BCUT2D eigenvalue weighted by Gasteiger charge is -2.17. The highest BCUT2D eigenvalue weighted by atomic mass is 16.5. The van der Waals surface area contributed by atoms with Gasteiger partial charge in [0.2, 0.25) is 11.9 Å². The number of benzene rings is 1. The van der Waals surface area contributed by atoms with Gasteiger partial charge in [0.05, 0.1) is 7.11 Å². The summed E-state index contributed by atoms with van der Waals surface area (Å²) in [5, 5.41) is 3.87. The Hall–Kier alpha value is -2.57. The molecule has 7 heteroatoms. The van der Waals surface area contributed by atoms with Gasteiger partial charge in [-0.2, -0.15) is 0 Å². The molecule has 100 valence electrons. The first-order valence-corrected chi connectivity index (χ1v) is 5.65. The standard InChI is InChI=1S/C12H15N5O2/c1-16(9-4-3-5-10(6-9)19-2)11(18)7-17-8-14-12(13)15-17/h3-6,8H,7H2,1-2H3,(H2,13,15). The zero-order valence-electron chi connectivity index (χ0n) is 10.8. The van der Waals surface area contributed by atoms with Crippen LogP contribution in [0.2, 0.25) is 0 Å². The van der Waals surface area contributed by atoms with Gasteiger partial charge < -0.3 is 15.4 Å². The SMILES string of the molecule is COc1cccc(N(C)C(=O)Cn2cnc(N)n2)c1. The topological polar surface area (TPSA) is 86.3 Å². The van der Waals surface area contributed by atoms with E-state index in [4.69, 9.17) is 10.5 Å². The molecule has 0 aliphatic heterocycles. The summed E-state index contributed by atoms with van der Waals surface area (Å²) in [5.74, 6) is 0.720. The zero-order valence-corrected chi connectivity index (χ0v) is 10.8. The highest BCUT2D eigenvalue weighted by Gasteiger charge is 2.13. The minimum absolute atomic E-state index is 0.0813. The molecule has 0 aliphatic rings. The van der Waals surface area contributed by atoms with Crippen molar-refractivity contribution in [2.75, 3.05) is 24.8 Å². The van der Waals surface area contributed by atoms with E-state index in [1.54, 1.807) is 20.2 Å². The fourth-order valence-corrected chi connectivity index (χ4v) is 1.59. The summed E-state index contributed by atoms with van der Waals surface area (Å²) in [6, 6.07) is 7.26. The Kier molecular flexibility index (Phi) is 3.65. The molecule has 0 fully saturated rings. The van der Waals surface area contributed by atoms with Gasteiger partial charge in [-0.3, -0.25) is 4.79 Å². The van der Waals surface area contributed by atoms with Crippen LogP contribution < -0.4 is 15.4 Å². The molecule has 7 nitrogen and oxygen atoms in total. The summed E-state index contributed by atoms with van der Waals surface area (Å²) < 4.78 is 6.52. The third-order valence-electron chi connectivity index (χ3n) is 2.67. The van der Waals surface area contributed by atoms with Gasteiger partial charge in [0.25, 0.3) is 0 Å². The van der Waals surface area contributed by atoms with Crippen LogP contribution in [0, 0.1) is 0 Å². The molecule has 1 heterocycles. The maximum absolute atomic E-state index is 12.1. The Balaban J connectivity index is 2.09. The van der Waals surface area contributed by atoms with Crippen LogP contribution in [-0.4, -0.2) is 34.8 Å². The number of hydrogen-bond acceptors (Lipinski definition) is 5. The summed E-state index contributed by atoms with van der Waals surface area (Å²) in [6.45, 7) is 0.0813. The molecule has 2 rings (SSSR count). The number of carbonyl (C=O) groups is 1. The Morgan fingerprint density at radius 1 is 1.53 bits per heavy atom. The molecule has 2 aromatic rings. The molecule has 2 N–H and O–H groups in total. The van der Waals surface area contributed by atoms with E-state index in [0.717, 1.165) is 5.69 Å². The molecule has 0 atom stereocenters. The molecule has 0 aliphatic carbocycles. The number of carbonyl (C=O) groups excluding carboxylic acids is 1. The molecule has 0 saturated heterocycles. The predicted molar refractivity (Wildman–Crippen MR) is 70.8 cm³/mol. The summed E-state index contributed by atoms with van der Waals surface area (Å²) in [6.07, 6.45) is 1.42. The lowest BCUT2D eigenvalue weighted by molar-refractivity contribution is -0.119. The summed E-state index contributed by atoms with van der Waals surface area (Å²) in [7, 11) is 3.27. The van der Waals surface area contributed by atoms with E-state index in [1.165, 1.54) is 15.9 Å². The van der Waals surface area contributed by atoms with Crippen LogP contribution in [0.1, 0.15) is 0 Å². The van der Waals surface area contributed by atoms with E-state index >= 15 is 0 Å². The second-order valence-electron chi connectivity index (χ2n) is 3.95. The van der Waals surface area contributed by atoms with Crippen molar-refractivity contribution in [1.29, 1.82) is 0 Å². The number of methoxy groups -OCH3 is 1. The van der Waals surface area contributed by atoms with E-state index < -0.39 is 0 Å². The third-order valence-corrected chi connectivity index (χ3v) is 2.67. The van der Waals surface area contributed by atoms with Gasteiger partial charge >= 0.3 is 0 Å². The smallest absolute Gasteiger partial charge is 0.248 e. The minimum atomic E-state index is -0.127. The minimum Gasteiger partial charge on any atom is -0.497 e. The Bertz CT molecular complexity index is 581. The molecule has 1 aromatic carbocycles. The lowest BCUT2D eigenvalue weighted by Crippen LogP contribution is -2.30. The number of rotatable bonds is 4. The molecule has 0 unspecified atom stereocenters. The fourth-order valence-electron chi connectivity index (χ4n) is 1.59. The number of likely N-dealkylation sites (N-methyl/N-ethyl adjacent to an activating group) is 1. The van der Waals surface area contributed by atoms with Gasteiger partial charge in [0.1, 0.15) is 18.6 Å². The first-order chi connectivity index (χ1) is 9.10. The van der Waals surface area contributed by atoms with Gasteiger partial charge in [0, 0.05) is 18.8 Å². The van der Waals surface area contributed by atoms with E-state index in [2.05, 4.69) is 10.1 Å². The fraction of sp³-hybridized carbons (Fsp3) is 0.250. The summed E-state index contributed by atoms with van der Waals surface area (Å²) in [5.41, 5.74) is 6.14. The largest absolute Gasteiger partial charge is 0.497 e. The molecule has 1 amide bonds. The second-order valence-corrected chi connectivity index (χ2v) is 3.95. The van der Waals surface area contributed by atoms with Crippen molar-refractivity contribution in [2.45, 2.75) is 6.54 Å². The van der Waals surface area contributed by atoms with Crippen LogP contribution in [0.4, 0.5) is 11.6 Å². The number of ether oxygens (including phenoxy) is 1. The van der Waals surface area contributed by atoms with E-state index in [1.807, 2.05) is 18.2 Å². The van der Waals surface area contributed by atoms with Gasteiger partial charge in [0.15, 0.2) is 0 Å². The molecule has 0 spiro atoms. The number of aromatic nitrogens is 3. The van der Waals surface area contributed by atoms with Gasteiger partial charge in [-0.1, -0.05) is 6.07 Å². The van der Waals surface area contributed by atoms with Crippen LogP contribution in [-0.2, 0) is 11.3 Å². The van der Waals surface area contributed by atoms with Crippen LogP contribution >= 0.6 is 0 Å². The number of hydrogen-bond donors (Lipinski definition) is 1. The summed E-state index contributed by atoms with van der Waals surface area (Å²) in [4.78, 5) is 17.4. The van der Waals surface area contributed by atoms with Crippen molar-refractivity contribution in [3.63, 3.8) is 0 Å². The van der Waals surface area contributed by atoms with Crippen molar-refractivity contribution < 1.29 is 9.53 Å². The van der Waals surface area contributed by atoms with Crippen LogP contribution in [0.15, 0.2) is 30.6 Å². The van der Waals surface area contributed by atoms with Gasteiger partial charge in [-0.05, 0) is 12.1 Å². The van der Waals surface area contributed by atoms with E-state index in [0.29, 0.717) is 5.75 Å². The maximum Gasteiger partial charge on any atom is 0.248 e. The quantitative estimate of drug-likeness (QED) is 0.867. The van der Waals surface area contributed by atoms with Crippen LogP contribution in [0.3, 0.4) is 0 Å². The normalized spacial score (nSPS) is 10.2. The first kappa shape index (κ1) is 12.9. The average molecular weight is 261 g/mol. The number of nitrogen functional groups attached to an aromatic ring is 1. The zero-order chi connectivity index (χ0) is 13.8. The Morgan fingerprint density at radius 3 is 2.95 bits per heavy atom. The maximum atomic E-state index is 12.1. The van der Waals surface area contributed by atoms with E-state index in [9.17, 15) is 4.79 Å². The molecule has 0 saturated carbocycles. The van der Waals surface area contributed by atoms with Crippen molar-refractivity contribution in [1.82, 2.24) is 14.8 Å².